The molecule has 1 heterocycles. The van der Waals surface area contributed by atoms with Crippen LogP contribution in [0.15, 0.2) is 18.2 Å². The molecule has 1 aromatic rings. The van der Waals surface area contributed by atoms with Gasteiger partial charge in [-0.05, 0) is 30.5 Å². The lowest BCUT2D eigenvalue weighted by atomic mass is 10.2. The zero-order chi connectivity index (χ0) is 15.3. The Morgan fingerprint density at radius 3 is 2.48 bits per heavy atom. The quantitative estimate of drug-likeness (QED) is 0.807. The Labute approximate surface area is 126 Å². The van der Waals surface area contributed by atoms with Gasteiger partial charge in [0.15, 0.2) is 0 Å². The third-order valence-corrected chi connectivity index (χ3v) is 5.21. The molecular formula is C14H23N3O3S. The minimum absolute atomic E-state index is 0.229. The van der Waals surface area contributed by atoms with Crippen LogP contribution in [0.1, 0.15) is 31.2 Å². The Hall–Kier alpha value is -1.31. The van der Waals surface area contributed by atoms with E-state index in [1.165, 1.54) is 4.31 Å². The Kier molecular flexibility index (Phi) is 5.44. The predicted molar refractivity (Wildman–Crippen MR) is 83.2 cm³/mol. The highest BCUT2D eigenvalue weighted by Gasteiger charge is 2.22. The summed E-state index contributed by atoms with van der Waals surface area (Å²) in [6, 6.07) is 5.27. The number of nitrogen functional groups attached to an aromatic ring is 1. The number of ether oxygens (including phenoxy) is 1. The average molecular weight is 313 g/mol. The van der Waals surface area contributed by atoms with Crippen LogP contribution in [0.3, 0.4) is 0 Å². The van der Waals surface area contributed by atoms with Gasteiger partial charge in [-0.1, -0.05) is 18.9 Å². The molecule has 0 amide bonds. The molecule has 118 valence electrons. The largest absolute Gasteiger partial charge is 0.495 e. The predicted octanol–water partition coefficient (Wildman–Crippen LogP) is 1.49. The third-order valence-electron chi connectivity index (χ3n) is 3.66. The number of anilines is 1. The number of rotatable bonds is 5. The molecule has 2 rings (SSSR count). The van der Waals surface area contributed by atoms with Crippen LogP contribution in [-0.4, -0.2) is 32.9 Å². The van der Waals surface area contributed by atoms with E-state index < -0.39 is 10.2 Å². The molecule has 0 atom stereocenters. The van der Waals surface area contributed by atoms with Crippen LogP contribution < -0.4 is 15.2 Å². The van der Waals surface area contributed by atoms with Crippen molar-refractivity contribution in [3.05, 3.63) is 23.8 Å². The molecule has 1 aliphatic heterocycles. The molecule has 0 aliphatic carbocycles. The summed E-state index contributed by atoms with van der Waals surface area (Å²) in [5.41, 5.74) is 7.14. The van der Waals surface area contributed by atoms with Crippen LogP contribution in [0.5, 0.6) is 5.75 Å². The van der Waals surface area contributed by atoms with E-state index in [1.54, 1.807) is 25.3 Å². The fraction of sp³-hybridized carbons (Fsp3) is 0.571. The van der Waals surface area contributed by atoms with Crippen molar-refractivity contribution in [3.63, 3.8) is 0 Å². The minimum Gasteiger partial charge on any atom is -0.495 e. The van der Waals surface area contributed by atoms with Gasteiger partial charge in [-0.15, -0.1) is 0 Å². The number of hydrogen-bond acceptors (Lipinski definition) is 4. The monoisotopic (exact) mass is 313 g/mol. The first kappa shape index (κ1) is 16.1. The van der Waals surface area contributed by atoms with Crippen molar-refractivity contribution < 1.29 is 13.2 Å². The van der Waals surface area contributed by atoms with Crippen molar-refractivity contribution in [1.29, 1.82) is 0 Å². The molecular weight excluding hydrogens is 290 g/mol. The van der Waals surface area contributed by atoms with Crippen LogP contribution in [-0.2, 0) is 16.8 Å². The SMILES string of the molecule is COc1ccc(CNS(=O)(=O)N2CCCCCC2)cc1N. The van der Waals surface area contributed by atoms with Gasteiger partial charge in [0.25, 0.3) is 10.2 Å². The summed E-state index contributed by atoms with van der Waals surface area (Å²) in [5.74, 6) is 0.592. The first-order valence-corrected chi connectivity index (χ1v) is 8.64. The zero-order valence-corrected chi connectivity index (χ0v) is 13.2. The van der Waals surface area contributed by atoms with Crippen molar-refractivity contribution in [3.8, 4) is 5.75 Å². The number of nitrogens with two attached hydrogens (primary N) is 1. The maximum Gasteiger partial charge on any atom is 0.279 e. The van der Waals surface area contributed by atoms with E-state index in [2.05, 4.69) is 4.72 Å². The lowest BCUT2D eigenvalue weighted by molar-refractivity contribution is 0.414. The van der Waals surface area contributed by atoms with Crippen LogP contribution in [0.2, 0.25) is 0 Å². The van der Waals surface area contributed by atoms with E-state index >= 15 is 0 Å². The van der Waals surface area contributed by atoms with E-state index in [1.807, 2.05) is 0 Å². The molecule has 0 spiro atoms. The lowest BCUT2D eigenvalue weighted by Gasteiger charge is -2.20. The Bertz CT molecular complexity index is 567. The summed E-state index contributed by atoms with van der Waals surface area (Å²) < 4.78 is 33.8. The van der Waals surface area contributed by atoms with E-state index in [9.17, 15) is 8.42 Å². The van der Waals surface area contributed by atoms with Crippen LogP contribution in [0.4, 0.5) is 5.69 Å². The second kappa shape index (κ2) is 7.11. The summed E-state index contributed by atoms with van der Waals surface area (Å²) in [5, 5.41) is 0. The molecule has 21 heavy (non-hydrogen) atoms. The molecule has 7 heteroatoms. The smallest absolute Gasteiger partial charge is 0.279 e. The summed E-state index contributed by atoms with van der Waals surface area (Å²) in [6.07, 6.45) is 4.05. The van der Waals surface area contributed by atoms with Crippen molar-refractivity contribution in [2.75, 3.05) is 25.9 Å². The standard InChI is InChI=1S/C14H23N3O3S/c1-20-14-7-6-12(10-13(14)15)11-16-21(18,19)17-8-4-2-3-5-9-17/h6-7,10,16H,2-5,8-9,11,15H2,1H3. The highest BCUT2D eigenvalue weighted by Crippen LogP contribution is 2.22. The minimum atomic E-state index is -3.42. The van der Waals surface area contributed by atoms with Gasteiger partial charge in [0.2, 0.25) is 0 Å². The van der Waals surface area contributed by atoms with Gasteiger partial charge in [0.1, 0.15) is 5.75 Å². The number of hydrogen-bond donors (Lipinski definition) is 2. The number of methoxy groups -OCH3 is 1. The normalized spacial score (nSPS) is 17.4. The van der Waals surface area contributed by atoms with Crippen molar-refractivity contribution in [2.45, 2.75) is 32.2 Å². The van der Waals surface area contributed by atoms with Crippen LogP contribution in [0, 0.1) is 0 Å². The molecule has 0 unspecified atom stereocenters. The molecule has 0 bridgehead atoms. The molecule has 1 fully saturated rings. The summed E-state index contributed by atoms with van der Waals surface area (Å²) in [7, 11) is -1.87. The molecule has 1 aromatic carbocycles. The zero-order valence-electron chi connectivity index (χ0n) is 12.3. The maximum atomic E-state index is 12.3. The number of nitrogens with one attached hydrogen (secondary N) is 1. The molecule has 0 radical (unpaired) electrons. The van der Waals surface area contributed by atoms with Crippen LogP contribution >= 0.6 is 0 Å². The van der Waals surface area contributed by atoms with Gasteiger partial charge in [-0.3, -0.25) is 0 Å². The lowest BCUT2D eigenvalue weighted by Crippen LogP contribution is -2.40. The Morgan fingerprint density at radius 1 is 1.24 bits per heavy atom. The van der Waals surface area contributed by atoms with E-state index in [0.29, 0.717) is 24.5 Å². The van der Waals surface area contributed by atoms with Crippen molar-refractivity contribution in [1.82, 2.24) is 9.03 Å². The van der Waals surface area contributed by atoms with E-state index in [-0.39, 0.29) is 6.54 Å². The third kappa shape index (κ3) is 4.33. The van der Waals surface area contributed by atoms with Gasteiger partial charge >= 0.3 is 0 Å². The Balaban J connectivity index is 1.99. The highest BCUT2D eigenvalue weighted by molar-refractivity contribution is 7.87. The fourth-order valence-electron chi connectivity index (χ4n) is 2.44. The topological polar surface area (TPSA) is 84.7 Å². The van der Waals surface area contributed by atoms with Gasteiger partial charge in [0, 0.05) is 19.6 Å². The van der Waals surface area contributed by atoms with Crippen molar-refractivity contribution in [2.24, 2.45) is 0 Å². The summed E-state index contributed by atoms with van der Waals surface area (Å²) in [6.45, 7) is 1.42. The highest BCUT2D eigenvalue weighted by atomic mass is 32.2. The first-order chi connectivity index (χ1) is 10.0. The fourth-order valence-corrected chi connectivity index (χ4v) is 3.71. The van der Waals surface area contributed by atoms with Gasteiger partial charge in [0.05, 0.1) is 12.8 Å². The van der Waals surface area contributed by atoms with Crippen LogP contribution in [0.25, 0.3) is 0 Å². The second-order valence-electron chi connectivity index (χ2n) is 5.22. The van der Waals surface area contributed by atoms with Crippen molar-refractivity contribution >= 4 is 15.9 Å². The molecule has 6 nitrogen and oxygen atoms in total. The van der Waals surface area contributed by atoms with E-state index in [0.717, 1.165) is 31.2 Å². The molecule has 1 saturated heterocycles. The average Bonchev–Trinajstić information content (AvgIpc) is 2.75. The second-order valence-corrected chi connectivity index (χ2v) is 6.97. The summed E-state index contributed by atoms with van der Waals surface area (Å²) >= 11 is 0. The maximum absolute atomic E-state index is 12.3. The molecule has 1 aliphatic rings. The Morgan fingerprint density at radius 2 is 1.90 bits per heavy atom. The molecule has 3 N–H and O–H groups in total. The van der Waals surface area contributed by atoms with Gasteiger partial charge in [-0.25, -0.2) is 0 Å². The number of nitrogens with zero attached hydrogens (tertiary/aromatic N) is 1. The molecule has 0 saturated carbocycles. The van der Waals surface area contributed by atoms with E-state index in [4.69, 9.17) is 10.5 Å². The first-order valence-electron chi connectivity index (χ1n) is 7.20. The number of benzene rings is 1. The summed E-state index contributed by atoms with van der Waals surface area (Å²) in [4.78, 5) is 0. The van der Waals surface area contributed by atoms with Gasteiger partial charge in [-0.2, -0.15) is 17.4 Å². The molecule has 0 aromatic heterocycles. The van der Waals surface area contributed by atoms with Gasteiger partial charge < -0.3 is 10.5 Å².